The molecule has 0 bridgehead atoms. The molecule has 2 aliphatic heterocycles. The van der Waals surface area contributed by atoms with Crippen LogP contribution in [-0.4, -0.2) is 84.6 Å². The monoisotopic (exact) mass is 488 g/mol. The summed E-state index contributed by atoms with van der Waals surface area (Å²) in [4.78, 5) is 45.9. The first-order valence-electron chi connectivity index (χ1n) is 12.4. The van der Waals surface area contributed by atoms with Crippen molar-refractivity contribution in [1.29, 1.82) is 0 Å². The molecule has 0 aromatic heterocycles. The predicted octanol–water partition coefficient (Wildman–Crippen LogP) is 3.48. The van der Waals surface area contributed by atoms with Crippen LogP contribution in [0.2, 0.25) is 0 Å². The van der Waals surface area contributed by atoms with Crippen molar-refractivity contribution in [2.45, 2.75) is 56.4 Å². The standard InChI is InChI=1S/C26H40N4O3S/c1-19(2)10-13-26(24(32)30(25(33)27-26)17-16-28(3)4)21-11-14-29(15-12-21)23(31)18-20-6-8-22(34-5)9-7-20/h6-9,19,21H,10-18H2,1-5H3,(H,27,33)/t26-/m0/s1. The first-order chi connectivity index (χ1) is 16.2. The number of likely N-dealkylation sites (N-methyl/N-ethyl adjacent to an activating group) is 1. The molecule has 2 heterocycles. The number of imide groups is 1. The summed E-state index contributed by atoms with van der Waals surface area (Å²) in [6, 6.07) is 7.87. The highest BCUT2D eigenvalue weighted by Gasteiger charge is 2.55. The lowest BCUT2D eigenvalue weighted by Crippen LogP contribution is -2.57. The third kappa shape index (κ3) is 6.13. The number of carbonyl (C=O) groups excluding carboxylic acids is 3. The Balaban J connectivity index is 1.66. The minimum atomic E-state index is -0.851. The van der Waals surface area contributed by atoms with E-state index < -0.39 is 5.54 Å². The number of likely N-dealkylation sites (tertiary alicyclic amines) is 1. The van der Waals surface area contributed by atoms with Gasteiger partial charge in [-0.2, -0.15) is 0 Å². The fourth-order valence-corrected chi connectivity index (χ4v) is 5.37. The molecule has 0 aliphatic carbocycles. The van der Waals surface area contributed by atoms with Crippen molar-refractivity contribution >= 4 is 29.6 Å². The highest BCUT2D eigenvalue weighted by atomic mass is 32.2. The number of piperidine rings is 1. The molecule has 34 heavy (non-hydrogen) atoms. The van der Waals surface area contributed by atoms with E-state index in [-0.39, 0.29) is 23.8 Å². The Bertz CT molecular complexity index is 865. The van der Waals surface area contributed by atoms with Gasteiger partial charge in [0.05, 0.1) is 6.42 Å². The van der Waals surface area contributed by atoms with Crippen LogP contribution < -0.4 is 5.32 Å². The summed E-state index contributed by atoms with van der Waals surface area (Å²) in [6.07, 6.45) is 5.40. The first kappa shape index (κ1) is 26.5. The molecule has 0 radical (unpaired) electrons. The highest BCUT2D eigenvalue weighted by Crippen LogP contribution is 2.38. The van der Waals surface area contributed by atoms with Crippen molar-refractivity contribution in [2.75, 3.05) is 46.5 Å². The van der Waals surface area contributed by atoms with Gasteiger partial charge in [-0.1, -0.05) is 26.0 Å². The molecule has 0 saturated carbocycles. The minimum Gasteiger partial charge on any atom is -0.342 e. The molecule has 8 heteroatoms. The number of carbonyl (C=O) groups is 3. The summed E-state index contributed by atoms with van der Waals surface area (Å²) in [5.74, 6) is 0.521. The Morgan fingerprint density at radius 3 is 2.38 bits per heavy atom. The van der Waals surface area contributed by atoms with Gasteiger partial charge in [0.25, 0.3) is 5.91 Å². The van der Waals surface area contributed by atoms with Gasteiger partial charge in [0.15, 0.2) is 0 Å². The fraction of sp³-hybridized carbons (Fsp3) is 0.654. The van der Waals surface area contributed by atoms with Crippen molar-refractivity contribution < 1.29 is 14.4 Å². The van der Waals surface area contributed by atoms with Crippen LogP contribution in [-0.2, 0) is 16.0 Å². The van der Waals surface area contributed by atoms with Crippen molar-refractivity contribution in [3.63, 3.8) is 0 Å². The van der Waals surface area contributed by atoms with E-state index in [1.54, 1.807) is 11.8 Å². The lowest BCUT2D eigenvalue weighted by Gasteiger charge is -2.41. The van der Waals surface area contributed by atoms with Crippen molar-refractivity contribution in [3.8, 4) is 0 Å². The van der Waals surface area contributed by atoms with Crippen LogP contribution in [0.25, 0.3) is 0 Å². The molecular formula is C26H40N4O3S. The van der Waals surface area contributed by atoms with Gasteiger partial charge in [-0.05, 0) is 75.6 Å². The second kappa shape index (κ2) is 11.6. The van der Waals surface area contributed by atoms with Gasteiger partial charge in [-0.25, -0.2) is 4.79 Å². The zero-order chi connectivity index (χ0) is 24.9. The molecule has 1 aromatic rings. The van der Waals surface area contributed by atoms with Crippen LogP contribution in [0.5, 0.6) is 0 Å². The average molecular weight is 489 g/mol. The summed E-state index contributed by atoms with van der Waals surface area (Å²) in [7, 11) is 3.88. The first-order valence-corrected chi connectivity index (χ1v) is 13.6. The normalized spacial score (nSPS) is 21.6. The maximum Gasteiger partial charge on any atom is 0.325 e. The molecule has 0 spiro atoms. The average Bonchev–Trinajstić information content (AvgIpc) is 3.06. The molecule has 2 fully saturated rings. The fourth-order valence-electron chi connectivity index (χ4n) is 4.97. The maximum absolute atomic E-state index is 13.6. The molecule has 2 aliphatic rings. The third-order valence-electron chi connectivity index (χ3n) is 7.15. The number of hydrogen-bond donors (Lipinski definition) is 1. The van der Waals surface area contributed by atoms with E-state index in [1.165, 1.54) is 9.80 Å². The molecule has 3 rings (SSSR count). The molecule has 0 unspecified atom stereocenters. The molecule has 7 nitrogen and oxygen atoms in total. The summed E-state index contributed by atoms with van der Waals surface area (Å²) in [5, 5.41) is 3.12. The van der Waals surface area contributed by atoms with Crippen LogP contribution >= 0.6 is 11.8 Å². The molecule has 188 valence electrons. The third-order valence-corrected chi connectivity index (χ3v) is 7.89. The van der Waals surface area contributed by atoms with Crippen LogP contribution in [0.3, 0.4) is 0 Å². The van der Waals surface area contributed by atoms with Gasteiger partial charge in [0, 0.05) is 31.1 Å². The number of thioether (sulfide) groups is 1. The molecule has 2 saturated heterocycles. The minimum absolute atomic E-state index is 0.0389. The number of amides is 4. The zero-order valence-corrected chi connectivity index (χ0v) is 22.1. The van der Waals surface area contributed by atoms with Crippen LogP contribution in [0, 0.1) is 11.8 Å². The zero-order valence-electron chi connectivity index (χ0n) is 21.3. The highest BCUT2D eigenvalue weighted by molar-refractivity contribution is 7.98. The topological polar surface area (TPSA) is 73.0 Å². The molecule has 1 aromatic carbocycles. The number of rotatable bonds is 10. The summed E-state index contributed by atoms with van der Waals surface area (Å²) >= 11 is 1.69. The Labute approximate surface area is 208 Å². The lowest BCUT2D eigenvalue weighted by molar-refractivity contribution is -0.136. The van der Waals surface area contributed by atoms with Crippen LogP contribution in [0.1, 0.15) is 45.1 Å². The SMILES string of the molecule is CSc1ccc(CC(=O)N2CCC([C@]3(CCC(C)C)NC(=O)N(CCN(C)C)C3=O)CC2)cc1. The van der Waals surface area contributed by atoms with E-state index in [0.29, 0.717) is 44.9 Å². The van der Waals surface area contributed by atoms with E-state index >= 15 is 0 Å². The Morgan fingerprint density at radius 1 is 1.18 bits per heavy atom. The number of nitrogens with zero attached hydrogens (tertiary/aromatic N) is 3. The Morgan fingerprint density at radius 2 is 1.82 bits per heavy atom. The van der Waals surface area contributed by atoms with Gasteiger partial charge in [0.2, 0.25) is 5.91 Å². The van der Waals surface area contributed by atoms with E-state index in [1.807, 2.05) is 42.3 Å². The van der Waals surface area contributed by atoms with Gasteiger partial charge in [0.1, 0.15) is 5.54 Å². The van der Waals surface area contributed by atoms with Gasteiger partial charge in [-0.15, -0.1) is 11.8 Å². The van der Waals surface area contributed by atoms with Gasteiger partial charge >= 0.3 is 6.03 Å². The van der Waals surface area contributed by atoms with Crippen LogP contribution in [0.4, 0.5) is 4.79 Å². The smallest absolute Gasteiger partial charge is 0.325 e. The predicted molar refractivity (Wildman–Crippen MR) is 137 cm³/mol. The van der Waals surface area contributed by atoms with E-state index in [0.717, 1.165) is 24.8 Å². The largest absolute Gasteiger partial charge is 0.342 e. The van der Waals surface area contributed by atoms with Crippen LogP contribution in [0.15, 0.2) is 29.2 Å². The summed E-state index contributed by atoms with van der Waals surface area (Å²) < 4.78 is 0. The number of nitrogens with one attached hydrogen (secondary N) is 1. The molecule has 1 atom stereocenters. The number of benzene rings is 1. The lowest BCUT2D eigenvalue weighted by atomic mass is 9.73. The summed E-state index contributed by atoms with van der Waals surface area (Å²) in [5.41, 5.74) is 0.171. The quantitative estimate of drug-likeness (QED) is 0.403. The van der Waals surface area contributed by atoms with Gasteiger partial charge in [-0.3, -0.25) is 14.5 Å². The maximum atomic E-state index is 13.6. The Kier molecular flexibility index (Phi) is 9.04. The van der Waals surface area contributed by atoms with Crippen molar-refractivity contribution in [1.82, 2.24) is 20.0 Å². The molecular weight excluding hydrogens is 448 g/mol. The number of urea groups is 1. The van der Waals surface area contributed by atoms with E-state index in [9.17, 15) is 14.4 Å². The molecule has 4 amide bonds. The second-order valence-corrected chi connectivity index (χ2v) is 11.2. The van der Waals surface area contributed by atoms with Crippen molar-refractivity contribution in [3.05, 3.63) is 29.8 Å². The van der Waals surface area contributed by atoms with E-state index in [2.05, 4.69) is 31.3 Å². The number of hydrogen-bond acceptors (Lipinski definition) is 5. The van der Waals surface area contributed by atoms with E-state index in [4.69, 9.17) is 0 Å². The van der Waals surface area contributed by atoms with Gasteiger partial charge < -0.3 is 15.1 Å². The molecule has 1 N–H and O–H groups in total. The second-order valence-electron chi connectivity index (χ2n) is 10.3. The van der Waals surface area contributed by atoms with Crippen molar-refractivity contribution in [2.24, 2.45) is 11.8 Å². The summed E-state index contributed by atoms with van der Waals surface area (Å²) in [6.45, 7) is 6.57. The Hall–Kier alpha value is -2.06.